The van der Waals surface area contributed by atoms with Crippen LogP contribution in [0.4, 0.5) is 5.82 Å². The van der Waals surface area contributed by atoms with Gasteiger partial charge in [0.1, 0.15) is 27.9 Å². The number of hydrogen-bond acceptors (Lipinski definition) is 10. The summed E-state index contributed by atoms with van der Waals surface area (Å²) in [5.74, 6) is -1.35. The Balaban J connectivity index is 1.46. The Hall–Kier alpha value is -4.71. The molecule has 0 radical (unpaired) electrons. The third kappa shape index (κ3) is 3.23. The molecule has 0 saturated carbocycles. The van der Waals surface area contributed by atoms with E-state index >= 15 is 0 Å². The van der Waals surface area contributed by atoms with Crippen LogP contribution >= 0.6 is 11.6 Å². The van der Waals surface area contributed by atoms with Crippen LogP contribution in [-0.2, 0) is 11.8 Å². The average molecular weight is 594 g/mol. The molecule has 216 valence electrons. The molecule has 0 fully saturated rings. The summed E-state index contributed by atoms with van der Waals surface area (Å²) in [6.45, 7) is 1.75. The first-order chi connectivity index (χ1) is 20.1. The smallest absolute Gasteiger partial charge is 0.329 e. The lowest BCUT2D eigenvalue weighted by molar-refractivity contribution is -0.130. The van der Waals surface area contributed by atoms with Gasteiger partial charge in [0.2, 0.25) is 24.0 Å². The molecule has 3 atom stereocenters. The molecule has 4 aliphatic rings. The first-order valence-corrected chi connectivity index (χ1v) is 13.5. The van der Waals surface area contributed by atoms with Gasteiger partial charge in [-0.25, -0.2) is 4.79 Å². The lowest BCUT2D eigenvalue weighted by atomic mass is 9.66. The summed E-state index contributed by atoms with van der Waals surface area (Å²) >= 11 is 6.59. The van der Waals surface area contributed by atoms with Crippen molar-refractivity contribution in [2.75, 3.05) is 26.3 Å². The van der Waals surface area contributed by atoms with Gasteiger partial charge in [0.25, 0.3) is 5.56 Å². The minimum Gasteiger partial charge on any atom is -0.496 e. The fourth-order valence-electron chi connectivity index (χ4n) is 6.39. The number of nitrogens with one attached hydrogen (secondary N) is 2. The predicted octanol–water partition coefficient (Wildman–Crippen LogP) is 2.91. The van der Waals surface area contributed by atoms with Gasteiger partial charge in [0.15, 0.2) is 17.2 Å². The minimum atomic E-state index is -1.99. The zero-order chi connectivity index (χ0) is 29.7. The Labute approximate surface area is 242 Å². The summed E-state index contributed by atoms with van der Waals surface area (Å²) < 4.78 is 29.5. The molecule has 12 nitrogen and oxygen atoms in total. The van der Waals surface area contributed by atoms with E-state index in [4.69, 9.17) is 35.3 Å². The van der Waals surface area contributed by atoms with Gasteiger partial charge in [-0.2, -0.15) is 0 Å². The van der Waals surface area contributed by atoms with Crippen LogP contribution in [0.15, 0.2) is 45.1 Å². The summed E-state index contributed by atoms with van der Waals surface area (Å²) in [5, 5.41) is 3.20. The van der Waals surface area contributed by atoms with Crippen molar-refractivity contribution in [1.82, 2.24) is 9.55 Å². The molecule has 2 N–H and O–H groups in total. The molecule has 1 spiro atoms. The third-order valence-corrected chi connectivity index (χ3v) is 8.82. The van der Waals surface area contributed by atoms with E-state index in [1.807, 2.05) is 0 Å². The van der Waals surface area contributed by atoms with Crippen LogP contribution in [0, 0.1) is 5.92 Å². The number of ketones is 2. The van der Waals surface area contributed by atoms with E-state index in [1.54, 1.807) is 25.1 Å². The predicted molar refractivity (Wildman–Crippen MR) is 148 cm³/mol. The van der Waals surface area contributed by atoms with Crippen molar-refractivity contribution in [2.45, 2.75) is 24.9 Å². The van der Waals surface area contributed by atoms with Crippen LogP contribution in [0.25, 0.3) is 0 Å². The lowest BCUT2D eigenvalue weighted by Crippen LogP contribution is -2.58. The number of H-pyrrole nitrogens is 1. The second kappa shape index (κ2) is 8.89. The second-order valence-electron chi connectivity index (χ2n) is 10.5. The van der Waals surface area contributed by atoms with E-state index in [0.717, 1.165) is 0 Å². The Morgan fingerprint density at radius 1 is 1.02 bits per heavy atom. The van der Waals surface area contributed by atoms with Crippen molar-refractivity contribution >= 4 is 29.0 Å². The number of aromatic nitrogens is 2. The molecule has 4 heterocycles. The molecule has 3 aliphatic heterocycles. The summed E-state index contributed by atoms with van der Waals surface area (Å²) in [6, 6.07) is 6.56. The van der Waals surface area contributed by atoms with Crippen LogP contribution < -0.4 is 40.3 Å². The monoisotopic (exact) mass is 593 g/mol. The minimum absolute atomic E-state index is 0.00819. The fourth-order valence-corrected chi connectivity index (χ4v) is 6.65. The van der Waals surface area contributed by atoms with Gasteiger partial charge in [0.05, 0.1) is 19.8 Å². The molecule has 13 heteroatoms. The number of nitrogens with zero attached hydrogens (tertiary/aromatic N) is 1. The number of methoxy groups -OCH3 is 2. The zero-order valence-electron chi connectivity index (χ0n) is 22.9. The largest absolute Gasteiger partial charge is 0.496 e. The topological polar surface area (TPSA) is 147 Å². The molecule has 42 heavy (non-hydrogen) atoms. The van der Waals surface area contributed by atoms with Crippen LogP contribution in [-0.4, -0.2) is 47.7 Å². The number of hydrogen-bond donors (Lipinski definition) is 2. The quantitative estimate of drug-likeness (QED) is 0.434. The Morgan fingerprint density at radius 3 is 2.50 bits per heavy atom. The van der Waals surface area contributed by atoms with E-state index in [0.29, 0.717) is 22.8 Å². The summed E-state index contributed by atoms with van der Waals surface area (Å²) in [5.41, 5.74) is -1.96. The molecule has 1 aliphatic carbocycles. The van der Waals surface area contributed by atoms with E-state index in [1.165, 1.54) is 31.9 Å². The highest BCUT2D eigenvalue weighted by atomic mass is 35.5. The van der Waals surface area contributed by atoms with Gasteiger partial charge in [0, 0.05) is 36.2 Å². The highest BCUT2D eigenvalue weighted by Gasteiger charge is 2.63. The number of Topliss-reactive ketones (excluding diaryl/α,β-unsaturated/α-hetero) is 2. The highest BCUT2D eigenvalue weighted by Crippen LogP contribution is 2.56. The molecule has 3 aromatic rings. The number of aromatic amines is 1. The molecule has 3 unspecified atom stereocenters. The van der Waals surface area contributed by atoms with Crippen molar-refractivity contribution in [1.29, 1.82) is 0 Å². The van der Waals surface area contributed by atoms with Crippen molar-refractivity contribution in [3.8, 4) is 28.7 Å². The van der Waals surface area contributed by atoms with Crippen LogP contribution in [0.1, 0.15) is 40.7 Å². The molecular weight excluding hydrogens is 570 g/mol. The lowest BCUT2D eigenvalue weighted by Gasteiger charge is -2.42. The number of halogens is 1. The van der Waals surface area contributed by atoms with Crippen LogP contribution in [0.3, 0.4) is 0 Å². The van der Waals surface area contributed by atoms with Crippen molar-refractivity contribution < 1.29 is 33.3 Å². The zero-order valence-corrected chi connectivity index (χ0v) is 23.6. The first-order valence-electron chi connectivity index (χ1n) is 13.1. The molecule has 0 bridgehead atoms. The summed E-state index contributed by atoms with van der Waals surface area (Å²) in [6.07, 6.45) is 0.180. The van der Waals surface area contributed by atoms with Gasteiger partial charge in [-0.15, -0.1) is 0 Å². The van der Waals surface area contributed by atoms with Crippen LogP contribution in [0.2, 0.25) is 5.02 Å². The number of fused-ring (bicyclic) bond motifs is 3. The molecule has 1 aromatic heterocycles. The van der Waals surface area contributed by atoms with E-state index in [2.05, 4.69) is 10.3 Å². The van der Waals surface area contributed by atoms with Gasteiger partial charge >= 0.3 is 5.69 Å². The first kappa shape index (κ1) is 26.2. The number of anilines is 1. The van der Waals surface area contributed by atoms with Gasteiger partial charge < -0.3 is 29.0 Å². The number of carbonyl (C=O) groups excluding carboxylic acids is 2. The number of allylic oxidation sites excluding steroid dienone is 1. The second-order valence-corrected chi connectivity index (χ2v) is 10.9. The van der Waals surface area contributed by atoms with Crippen molar-refractivity contribution in [2.24, 2.45) is 13.0 Å². The van der Waals surface area contributed by atoms with Gasteiger partial charge in [-0.1, -0.05) is 24.6 Å². The molecular formula is C29H24ClN3O9. The Kier molecular flexibility index (Phi) is 5.55. The van der Waals surface area contributed by atoms with Crippen molar-refractivity contribution in [3.63, 3.8) is 0 Å². The maximum Gasteiger partial charge on any atom is 0.329 e. The Morgan fingerprint density at radius 2 is 1.76 bits per heavy atom. The molecule has 0 saturated heterocycles. The maximum absolute atomic E-state index is 14.8. The van der Waals surface area contributed by atoms with E-state index in [9.17, 15) is 19.2 Å². The summed E-state index contributed by atoms with van der Waals surface area (Å²) in [7, 11) is 4.32. The summed E-state index contributed by atoms with van der Waals surface area (Å²) in [4.78, 5) is 57.4. The van der Waals surface area contributed by atoms with Crippen molar-refractivity contribution in [3.05, 3.63) is 78.1 Å². The van der Waals surface area contributed by atoms with Gasteiger partial charge in [-0.05, 0) is 24.1 Å². The molecule has 0 amide bonds. The number of benzene rings is 2. The Bertz CT molecular complexity index is 1910. The SMILES string of the molecule is COc1cc(OC)c2c(c1Cl)OC1(C(=O)C3=C(CC1C)Nc1c(c(=O)[nH]c(=O)n1C)C3c1ccc3c(c1)OCO3)C2=O. The number of rotatable bonds is 3. The highest BCUT2D eigenvalue weighted by molar-refractivity contribution is 6.36. The normalized spacial score (nSPS) is 23.3. The van der Waals surface area contributed by atoms with E-state index in [-0.39, 0.29) is 58.0 Å². The maximum atomic E-state index is 14.8. The fraction of sp³-hybridized carbons (Fsp3) is 0.310. The average Bonchev–Trinajstić information content (AvgIpc) is 3.57. The number of carbonyl (C=O) groups is 2. The number of ether oxygens (including phenoxy) is 5. The van der Waals surface area contributed by atoms with Gasteiger partial charge in [-0.3, -0.25) is 23.9 Å². The standard InChI is InChI=1S/C29H24ClN3O9/c1-11-7-13-19(24(34)29(11)25(35)20-16(38-3)9-17(39-4)22(30)23(20)42-29)18(12-5-6-14-15(8-12)41-10-40-14)21-26(31-13)33(2)28(37)32-27(21)36/h5-6,8-9,11,18,31H,7,10H2,1-4H3,(H,32,36,37). The molecule has 7 rings (SSSR count). The third-order valence-electron chi connectivity index (χ3n) is 8.47. The van der Waals surface area contributed by atoms with Crippen LogP contribution in [0.5, 0.6) is 28.7 Å². The molecule has 2 aromatic carbocycles. The van der Waals surface area contributed by atoms with E-state index < -0.39 is 40.3 Å².